The van der Waals surface area contributed by atoms with Crippen molar-refractivity contribution in [2.24, 2.45) is 0 Å². The molecule has 35 heavy (non-hydrogen) atoms. The number of amides is 2. The Morgan fingerprint density at radius 1 is 0.914 bits per heavy atom. The van der Waals surface area contributed by atoms with Gasteiger partial charge in [-0.15, -0.1) is 0 Å². The Morgan fingerprint density at radius 3 is 2.46 bits per heavy atom. The van der Waals surface area contributed by atoms with Gasteiger partial charge >= 0.3 is 0 Å². The van der Waals surface area contributed by atoms with E-state index in [4.69, 9.17) is 44.3 Å². The van der Waals surface area contributed by atoms with Gasteiger partial charge in [-0.05, 0) is 75.7 Å². The van der Waals surface area contributed by atoms with Crippen LogP contribution in [-0.2, 0) is 11.4 Å². The van der Waals surface area contributed by atoms with E-state index in [0.29, 0.717) is 35.9 Å². The number of hydrogen-bond acceptors (Lipinski definition) is 5. The molecule has 0 bridgehead atoms. The molecule has 3 aromatic carbocycles. The fraction of sp³-hybridized carbons (Fsp3) is 0.120. The van der Waals surface area contributed by atoms with Gasteiger partial charge in [-0.1, -0.05) is 59.1 Å². The highest BCUT2D eigenvalue weighted by atomic mass is 79.9. The molecular formula is C25H17BrCl3NO4S. The van der Waals surface area contributed by atoms with Crippen molar-refractivity contribution in [1.82, 2.24) is 4.90 Å². The molecule has 180 valence electrons. The summed E-state index contributed by atoms with van der Waals surface area (Å²) in [6, 6.07) is 17.6. The maximum Gasteiger partial charge on any atom is 0.293 e. The van der Waals surface area contributed by atoms with Crippen molar-refractivity contribution in [3.63, 3.8) is 0 Å². The quantitative estimate of drug-likeness (QED) is 0.240. The molecule has 0 aliphatic carbocycles. The molecule has 3 aromatic rings. The number of halogens is 4. The van der Waals surface area contributed by atoms with Gasteiger partial charge in [-0.3, -0.25) is 14.5 Å². The summed E-state index contributed by atoms with van der Waals surface area (Å²) in [7, 11) is 0. The first-order valence-electron chi connectivity index (χ1n) is 10.3. The minimum absolute atomic E-state index is 0.122. The lowest BCUT2D eigenvalue weighted by Gasteiger charge is -2.13. The second-order valence-electron chi connectivity index (χ2n) is 7.33. The number of nitrogens with zero attached hydrogens (tertiary/aromatic N) is 1. The second-order valence-corrected chi connectivity index (χ2v) is 10.4. The molecule has 1 aliphatic rings. The molecular weight excluding hydrogens is 597 g/mol. The zero-order valence-corrected chi connectivity index (χ0v) is 22.6. The fourth-order valence-corrected chi connectivity index (χ4v) is 5.20. The molecule has 0 N–H and O–H groups in total. The van der Waals surface area contributed by atoms with Crippen molar-refractivity contribution in [1.29, 1.82) is 0 Å². The van der Waals surface area contributed by atoms with Crippen LogP contribution in [0.15, 0.2) is 70.0 Å². The Bertz CT molecular complexity index is 1320. The Balaban J connectivity index is 1.38. The standard InChI is InChI=1S/C25H17BrCl3NO4S/c26-18-11-15(5-8-21(18)34-14-16-6-7-17(27)13-20(16)29)12-23-24(31)30(25(32)35-23)9-10-33-22-4-2-1-3-19(22)28/h1-8,11-13H,9-10,14H2/b23-12-. The van der Waals surface area contributed by atoms with Crippen LogP contribution in [0.5, 0.6) is 11.5 Å². The maximum atomic E-state index is 12.8. The van der Waals surface area contributed by atoms with E-state index >= 15 is 0 Å². The van der Waals surface area contributed by atoms with Crippen molar-refractivity contribution in [2.45, 2.75) is 6.61 Å². The third-order valence-electron chi connectivity index (χ3n) is 4.93. The van der Waals surface area contributed by atoms with Gasteiger partial charge in [0, 0.05) is 15.6 Å². The Hall–Kier alpha value is -2.16. The van der Waals surface area contributed by atoms with Gasteiger partial charge in [0.05, 0.1) is 20.9 Å². The molecule has 0 saturated carbocycles. The molecule has 0 aromatic heterocycles. The molecule has 1 aliphatic heterocycles. The zero-order valence-electron chi connectivity index (χ0n) is 18.0. The molecule has 2 amide bonds. The summed E-state index contributed by atoms with van der Waals surface area (Å²) in [6.45, 7) is 0.532. The van der Waals surface area contributed by atoms with E-state index < -0.39 is 0 Å². The summed E-state index contributed by atoms with van der Waals surface area (Å²) in [5.41, 5.74) is 1.55. The third kappa shape index (κ3) is 6.54. The first-order chi connectivity index (χ1) is 16.8. The van der Waals surface area contributed by atoms with Gasteiger partial charge in [-0.2, -0.15) is 0 Å². The molecule has 1 fully saturated rings. The number of carbonyl (C=O) groups excluding carboxylic acids is 2. The monoisotopic (exact) mass is 611 g/mol. The summed E-state index contributed by atoms with van der Waals surface area (Å²) in [4.78, 5) is 26.7. The van der Waals surface area contributed by atoms with E-state index in [1.54, 1.807) is 54.6 Å². The summed E-state index contributed by atoms with van der Waals surface area (Å²) >= 11 is 22.6. The lowest BCUT2D eigenvalue weighted by atomic mass is 10.2. The van der Waals surface area contributed by atoms with Crippen molar-refractivity contribution < 1.29 is 19.1 Å². The average Bonchev–Trinajstić information content (AvgIpc) is 3.08. The van der Waals surface area contributed by atoms with Gasteiger partial charge in [0.15, 0.2) is 0 Å². The van der Waals surface area contributed by atoms with Gasteiger partial charge in [0.25, 0.3) is 11.1 Å². The van der Waals surface area contributed by atoms with E-state index in [2.05, 4.69) is 15.9 Å². The minimum Gasteiger partial charge on any atom is -0.490 e. The predicted molar refractivity (Wildman–Crippen MR) is 145 cm³/mol. The van der Waals surface area contributed by atoms with Gasteiger partial charge < -0.3 is 9.47 Å². The zero-order chi connectivity index (χ0) is 24.9. The van der Waals surface area contributed by atoms with Crippen LogP contribution < -0.4 is 9.47 Å². The van der Waals surface area contributed by atoms with Gasteiger partial charge in [0.2, 0.25) is 0 Å². The summed E-state index contributed by atoms with van der Waals surface area (Å²) in [5, 5.41) is 1.21. The van der Waals surface area contributed by atoms with E-state index in [0.717, 1.165) is 27.8 Å². The number of benzene rings is 3. The van der Waals surface area contributed by atoms with Gasteiger partial charge in [-0.25, -0.2) is 0 Å². The average molecular weight is 614 g/mol. The van der Waals surface area contributed by atoms with Crippen LogP contribution in [0.2, 0.25) is 15.1 Å². The Labute approximate surface area is 230 Å². The van der Waals surface area contributed by atoms with Crippen LogP contribution >= 0.6 is 62.5 Å². The number of ether oxygens (including phenoxy) is 2. The van der Waals surface area contributed by atoms with Crippen molar-refractivity contribution in [2.75, 3.05) is 13.2 Å². The largest absolute Gasteiger partial charge is 0.490 e. The first kappa shape index (κ1) is 25.9. The fourth-order valence-electron chi connectivity index (χ4n) is 3.17. The number of rotatable bonds is 8. The molecule has 5 nitrogen and oxygen atoms in total. The summed E-state index contributed by atoms with van der Waals surface area (Å²) in [6.07, 6.45) is 1.67. The number of hydrogen-bond donors (Lipinski definition) is 0. The van der Waals surface area contributed by atoms with Crippen LogP contribution in [0.25, 0.3) is 6.08 Å². The maximum absolute atomic E-state index is 12.8. The molecule has 0 spiro atoms. The lowest BCUT2D eigenvalue weighted by Crippen LogP contribution is -2.32. The third-order valence-corrected chi connectivity index (χ3v) is 7.36. The number of imide groups is 1. The Kier molecular flexibility index (Phi) is 8.68. The van der Waals surface area contributed by atoms with Crippen molar-refractivity contribution >= 4 is 79.7 Å². The van der Waals surface area contributed by atoms with Crippen LogP contribution in [-0.4, -0.2) is 29.2 Å². The topological polar surface area (TPSA) is 55.8 Å². The molecule has 1 heterocycles. The minimum atomic E-state index is -0.364. The van der Waals surface area contributed by atoms with Crippen LogP contribution in [0.1, 0.15) is 11.1 Å². The normalized spacial score (nSPS) is 14.6. The number of para-hydroxylation sites is 1. The predicted octanol–water partition coefficient (Wildman–Crippen LogP) is 8.10. The molecule has 10 heteroatoms. The van der Waals surface area contributed by atoms with E-state index in [1.165, 1.54) is 0 Å². The summed E-state index contributed by atoms with van der Waals surface area (Å²) in [5.74, 6) is 0.747. The van der Waals surface area contributed by atoms with Gasteiger partial charge in [0.1, 0.15) is 24.7 Å². The van der Waals surface area contributed by atoms with Crippen LogP contribution in [0, 0.1) is 0 Å². The molecule has 1 saturated heterocycles. The van der Waals surface area contributed by atoms with Crippen molar-refractivity contribution in [3.8, 4) is 11.5 Å². The van der Waals surface area contributed by atoms with Crippen LogP contribution in [0.4, 0.5) is 4.79 Å². The molecule has 0 atom stereocenters. The van der Waals surface area contributed by atoms with E-state index in [9.17, 15) is 9.59 Å². The van der Waals surface area contributed by atoms with E-state index in [1.807, 2.05) is 12.1 Å². The van der Waals surface area contributed by atoms with E-state index in [-0.39, 0.29) is 30.9 Å². The first-order valence-corrected chi connectivity index (χ1v) is 13.0. The smallest absolute Gasteiger partial charge is 0.293 e. The molecule has 4 rings (SSSR count). The SMILES string of the molecule is O=C1S/C(=C\c2ccc(OCc3ccc(Cl)cc3Cl)c(Br)c2)C(=O)N1CCOc1ccccc1Cl. The van der Waals surface area contributed by atoms with Crippen molar-refractivity contribution in [3.05, 3.63) is 96.2 Å². The number of carbonyl (C=O) groups is 2. The second kappa shape index (κ2) is 11.7. The highest BCUT2D eigenvalue weighted by Crippen LogP contribution is 2.34. The number of thioether (sulfide) groups is 1. The lowest BCUT2D eigenvalue weighted by molar-refractivity contribution is -0.123. The molecule has 0 unspecified atom stereocenters. The highest BCUT2D eigenvalue weighted by molar-refractivity contribution is 9.10. The van der Waals surface area contributed by atoms with Crippen LogP contribution in [0.3, 0.4) is 0 Å². The molecule has 0 radical (unpaired) electrons. The summed E-state index contributed by atoms with van der Waals surface area (Å²) < 4.78 is 12.2. The highest BCUT2D eigenvalue weighted by Gasteiger charge is 2.34. The Morgan fingerprint density at radius 2 is 1.71 bits per heavy atom.